The Balaban J connectivity index is 2.00. The van der Waals surface area contributed by atoms with Crippen LogP contribution >= 0.6 is 11.3 Å². The van der Waals surface area contributed by atoms with Crippen LogP contribution in [0.5, 0.6) is 0 Å². The van der Waals surface area contributed by atoms with Crippen LogP contribution in [0, 0.1) is 18.8 Å². The van der Waals surface area contributed by atoms with Gasteiger partial charge >= 0.3 is 0 Å². The third-order valence-corrected chi connectivity index (χ3v) is 5.46. The van der Waals surface area contributed by atoms with Crippen LogP contribution in [0.2, 0.25) is 0 Å². The maximum atomic E-state index is 13.4. The van der Waals surface area contributed by atoms with E-state index in [0.717, 1.165) is 27.3 Å². The topological polar surface area (TPSA) is 20.3 Å². The van der Waals surface area contributed by atoms with Crippen molar-refractivity contribution in [3.8, 4) is 11.8 Å². The molecule has 0 saturated carbocycles. The van der Waals surface area contributed by atoms with Crippen molar-refractivity contribution in [2.24, 2.45) is 0 Å². The molecule has 1 amide bonds. The number of hydrogen-bond donors (Lipinski definition) is 0. The number of likely N-dealkylation sites (N-methyl/N-ethyl adjacent to an activating group) is 1. The summed E-state index contributed by atoms with van der Waals surface area (Å²) in [7, 11) is 1.82. The molecule has 1 aromatic heterocycles. The molecule has 0 spiro atoms. The van der Waals surface area contributed by atoms with E-state index in [2.05, 4.69) is 11.8 Å². The molecule has 0 bridgehead atoms. The molecule has 2 aromatic carbocycles. The number of carbonyl (C=O) groups excluding carboxylic acids is 1. The van der Waals surface area contributed by atoms with Crippen LogP contribution in [-0.4, -0.2) is 13.0 Å². The van der Waals surface area contributed by atoms with Gasteiger partial charge in [0.05, 0.1) is 4.88 Å². The summed E-state index contributed by atoms with van der Waals surface area (Å²) in [6.07, 6.45) is 0. The van der Waals surface area contributed by atoms with Gasteiger partial charge in [-0.15, -0.1) is 11.3 Å². The van der Waals surface area contributed by atoms with Crippen LogP contribution in [0.1, 0.15) is 21.6 Å². The van der Waals surface area contributed by atoms with Gasteiger partial charge in [0.15, 0.2) is 5.41 Å². The fraction of sp³-hybridized carbons (Fsp3) is 0.136. The number of aryl methyl sites for hydroxylation is 1. The van der Waals surface area contributed by atoms with Crippen LogP contribution in [0.3, 0.4) is 0 Å². The number of amides is 1. The highest BCUT2D eigenvalue weighted by Gasteiger charge is 2.50. The third-order valence-electron chi connectivity index (χ3n) is 4.67. The summed E-state index contributed by atoms with van der Waals surface area (Å²) in [5.41, 5.74) is 3.01. The lowest BCUT2D eigenvalue weighted by atomic mass is 9.75. The van der Waals surface area contributed by atoms with Crippen molar-refractivity contribution in [2.75, 3.05) is 11.9 Å². The van der Waals surface area contributed by atoms with E-state index in [1.807, 2.05) is 80.0 Å². The summed E-state index contributed by atoms with van der Waals surface area (Å²) in [6.45, 7) is 2.05. The lowest BCUT2D eigenvalue weighted by Crippen LogP contribution is -2.38. The van der Waals surface area contributed by atoms with Crippen LogP contribution in [0.15, 0.2) is 66.0 Å². The van der Waals surface area contributed by atoms with Crippen molar-refractivity contribution >= 4 is 22.9 Å². The summed E-state index contributed by atoms with van der Waals surface area (Å²) in [6, 6.07) is 20.0. The lowest BCUT2D eigenvalue weighted by molar-refractivity contribution is -0.120. The molecule has 0 N–H and O–H groups in total. The maximum Gasteiger partial charge on any atom is 0.254 e. The molecule has 1 aliphatic rings. The highest BCUT2D eigenvalue weighted by atomic mass is 32.1. The first-order valence-electron chi connectivity index (χ1n) is 8.14. The summed E-state index contributed by atoms with van der Waals surface area (Å²) in [4.78, 5) is 16.0. The lowest BCUT2D eigenvalue weighted by Gasteiger charge is -2.23. The zero-order valence-corrected chi connectivity index (χ0v) is 14.9. The number of para-hydroxylation sites is 1. The molecule has 0 aliphatic carbocycles. The number of benzene rings is 2. The van der Waals surface area contributed by atoms with E-state index in [0.29, 0.717) is 0 Å². The molecule has 3 aromatic rings. The van der Waals surface area contributed by atoms with Crippen LogP contribution in [0.4, 0.5) is 5.69 Å². The monoisotopic (exact) mass is 343 g/mol. The summed E-state index contributed by atoms with van der Waals surface area (Å²) in [5, 5.41) is 2.00. The van der Waals surface area contributed by atoms with Crippen LogP contribution in [-0.2, 0) is 10.2 Å². The number of carbonyl (C=O) groups is 1. The van der Waals surface area contributed by atoms with Gasteiger partial charge in [0, 0.05) is 18.3 Å². The van der Waals surface area contributed by atoms with Gasteiger partial charge in [0.25, 0.3) is 5.91 Å². The van der Waals surface area contributed by atoms with E-state index in [9.17, 15) is 4.79 Å². The van der Waals surface area contributed by atoms with E-state index in [1.54, 1.807) is 16.2 Å². The number of thiophene rings is 1. The summed E-state index contributed by atoms with van der Waals surface area (Å²) >= 11 is 1.59. The van der Waals surface area contributed by atoms with Gasteiger partial charge in [-0.1, -0.05) is 65.9 Å². The molecule has 1 aliphatic heterocycles. The summed E-state index contributed by atoms with van der Waals surface area (Å²) in [5.74, 6) is 6.57. The molecule has 4 rings (SSSR count). The highest BCUT2D eigenvalue weighted by Crippen LogP contribution is 2.45. The Kier molecular flexibility index (Phi) is 3.71. The van der Waals surface area contributed by atoms with E-state index < -0.39 is 5.41 Å². The van der Waals surface area contributed by atoms with Gasteiger partial charge in [0.2, 0.25) is 0 Å². The molecule has 0 radical (unpaired) electrons. The standard InChI is InChI=1S/C22H17NOS/c1-16-9-11-17(12-10-16)22(14-13-18-6-5-15-25-18)19-7-3-4-8-20(19)23(2)21(22)24/h3-12,15H,1-2H3. The zero-order chi connectivity index (χ0) is 17.4. The number of fused-ring (bicyclic) bond motifs is 1. The Morgan fingerprint density at radius 1 is 1.00 bits per heavy atom. The smallest absolute Gasteiger partial charge is 0.254 e. The van der Waals surface area contributed by atoms with Crippen molar-refractivity contribution in [3.63, 3.8) is 0 Å². The van der Waals surface area contributed by atoms with E-state index in [4.69, 9.17) is 0 Å². The minimum Gasteiger partial charge on any atom is -0.313 e. The highest BCUT2D eigenvalue weighted by molar-refractivity contribution is 7.10. The Morgan fingerprint density at radius 3 is 2.48 bits per heavy atom. The average molecular weight is 343 g/mol. The Labute approximate surface area is 151 Å². The van der Waals surface area contributed by atoms with Gasteiger partial charge in [-0.25, -0.2) is 0 Å². The second-order valence-electron chi connectivity index (χ2n) is 6.22. The van der Waals surface area contributed by atoms with Crippen molar-refractivity contribution in [1.29, 1.82) is 0 Å². The van der Waals surface area contributed by atoms with Gasteiger partial charge in [-0.3, -0.25) is 4.79 Å². The van der Waals surface area contributed by atoms with Crippen molar-refractivity contribution < 1.29 is 4.79 Å². The average Bonchev–Trinajstić information content (AvgIpc) is 3.22. The molecular formula is C22H17NOS. The Bertz CT molecular complexity index is 993. The first-order chi connectivity index (χ1) is 12.1. The molecule has 1 unspecified atom stereocenters. The van der Waals surface area contributed by atoms with Gasteiger partial charge in [0.1, 0.15) is 0 Å². The number of hydrogen-bond acceptors (Lipinski definition) is 2. The maximum absolute atomic E-state index is 13.4. The fourth-order valence-corrected chi connectivity index (χ4v) is 3.91. The number of anilines is 1. The minimum atomic E-state index is -0.955. The second kappa shape index (κ2) is 5.91. The van der Waals surface area contributed by atoms with Gasteiger partial charge in [-0.2, -0.15) is 0 Å². The fourth-order valence-electron chi connectivity index (χ4n) is 3.34. The molecule has 0 fully saturated rings. The quantitative estimate of drug-likeness (QED) is 0.601. The van der Waals surface area contributed by atoms with E-state index in [-0.39, 0.29) is 5.91 Å². The van der Waals surface area contributed by atoms with E-state index >= 15 is 0 Å². The number of nitrogens with zero attached hydrogens (tertiary/aromatic N) is 1. The first kappa shape index (κ1) is 15.7. The Hall–Kier alpha value is -2.83. The molecule has 25 heavy (non-hydrogen) atoms. The van der Waals surface area contributed by atoms with Gasteiger partial charge in [-0.05, 0) is 30.0 Å². The van der Waals surface area contributed by atoms with Crippen molar-refractivity contribution in [1.82, 2.24) is 0 Å². The van der Waals surface area contributed by atoms with E-state index in [1.165, 1.54) is 0 Å². The minimum absolute atomic E-state index is 0.00149. The predicted octanol–water partition coefficient (Wildman–Crippen LogP) is 4.37. The third kappa shape index (κ3) is 2.38. The molecular weight excluding hydrogens is 326 g/mol. The first-order valence-corrected chi connectivity index (χ1v) is 9.02. The van der Waals surface area contributed by atoms with Crippen LogP contribution in [0.25, 0.3) is 0 Å². The summed E-state index contributed by atoms with van der Waals surface area (Å²) < 4.78 is 0. The van der Waals surface area contributed by atoms with Crippen molar-refractivity contribution in [2.45, 2.75) is 12.3 Å². The zero-order valence-electron chi connectivity index (χ0n) is 14.1. The Morgan fingerprint density at radius 2 is 1.76 bits per heavy atom. The molecule has 2 nitrogen and oxygen atoms in total. The molecule has 0 saturated heterocycles. The number of rotatable bonds is 1. The predicted molar refractivity (Wildman–Crippen MR) is 103 cm³/mol. The normalized spacial score (nSPS) is 18.6. The van der Waals surface area contributed by atoms with Crippen molar-refractivity contribution in [3.05, 3.63) is 87.6 Å². The largest absolute Gasteiger partial charge is 0.313 e. The van der Waals surface area contributed by atoms with Crippen LogP contribution < -0.4 is 4.90 Å². The molecule has 122 valence electrons. The van der Waals surface area contributed by atoms with Gasteiger partial charge < -0.3 is 4.90 Å². The molecule has 3 heteroatoms. The SMILES string of the molecule is Cc1ccc(C2(C#Cc3cccs3)C(=O)N(C)c3ccccc32)cc1. The molecule has 1 atom stereocenters. The second-order valence-corrected chi connectivity index (χ2v) is 7.17. The molecule has 2 heterocycles.